The maximum atomic E-state index is 12.8. The molecule has 1 fully saturated rings. The number of carbonyl (C=O) groups excluding carboxylic acids is 2. The van der Waals surface area contributed by atoms with E-state index in [9.17, 15) is 9.59 Å². The van der Waals surface area contributed by atoms with Gasteiger partial charge in [0.1, 0.15) is 5.69 Å². The summed E-state index contributed by atoms with van der Waals surface area (Å²) in [7, 11) is 0. The highest BCUT2D eigenvalue weighted by molar-refractivity contribution is 5.92. The van der Waals surface area contributed by atoms with Crippen LogP contribution in [-0.2, 0) is 11.3 Å². The minimum Gasteiger partial charge on any atom is -0.454 e. The molecule has 1 saturated heterocycles. The summed E-state index contributed by atoms with van der Waals surface area (Å²) in [6.45, 7) is 7.20. The molecule has 176 valence electrons. The van der Waals surface area contributed by atoms with Crippen LogP contribution in [0.5, 0.6) is 11.5 Å². The number of unbranched alkanes of at least 4 members (excludes halogenated alkanes) is 1. The minimum atomic E-state index is -0.169. The summed E-state index contributed by atoms with van der Waals surface area (Å²) < 4.78 is 10.8. The van der Waals surface area contributed by atoms with Gasteiger partial charge in [-0.25, -0.2) is 4.98 Å². The fourth-order valence-corrected chi connectivity index (χ4v) is 4.08. The van der Waals surface area contributed by atoms with Gasteiger partial charge in [0.25, 0.3) is 5.91 Å². The van der Waals surface area contributed by atoms with Crippen LogP contribution in [0.25, 0.3) is 0 Å². The van der Waals surface area contributed by atoms with Gasteiger partial charge in [0.05, 0.1) is 6.20 Å². The predicted octanol–water partition coefficient (Wildman–Crippen LogP) is 2.18. The van der Waals surface area contributed by atoms with Crippen LogP contribution in [0.4, 0.5) is 0 Å². The molecule has 0 saturated carbocycles. The molecule has 1 aromatic carbocycles. The Morgan fingerprint density at radius 2 is 1.88 bits per heavy atom. The molecule has 0 unspecified atom stereocenters. The van der Waals surface area contributed by atoms with E-state index < -0.39 is 0 Å². The molecule has 0 N–H and O–H groups in total. The van der Waals surface area contributed by atoms with Crippen molar-refractivity contribution in [3.8, 4) is 11.5 Å². The van der Waals surface area contributed by atoms with E-state index in [1.54, 1.807) is 11.1 Å². The summed E-state index contributed by atoms with van der Waals surface area (Å²) in [5, 5.41) is 0. The molecule has 0 spiro atoms. The molecule has 3 heterocycles. The van der Waals surface area contributed by atoms with Crippen molar-refractivity contribution in [2.24, 2.45) is 0 Å². The largest absolute Gasteiger partial charge is 0.454 e. The second-order valence-corrected chi connectivity index (χ2v) is 8.33. The third-order valence-electron chi connectivity index (χ3n) is 6.01. The average molecular weight is 454 g/mol. The van der Waals surface area contributed by atoms with Gasteiger partial charge in [0.2, 0.25) is 12.7 Å². The van der Waals surface area contributed by atoms with E-state index in [-0.39, 0.29) is 18.6 Å². The first kappa shape index (κ1) is 23.0. The summed E-state index contributed by atoms with van der Waals surface area (Å²) in [6.07, 6.45) is 6.71. The molecule has 0 bridgehead atoms. The lowest BCUT2D eigenvalue weighted by molar-refractivity contribution is -0.133. The lowest BCUT2D eigenvalue weighted by Gasteiger charge is -2.35. The molecule has 9 heteroatoms. The first-order valence-electron chi connectivity index (χ1n) is 11.6. The Bertz CT molecular complexity index is 947. The monoisotopic (exact) mass is 453 g/mol. The van der Waals surface area contributed by atoms with Gasteiger partial charge in [0, 0.05) is 64.6 Å². The maximum Gasteiger partial charge on any atom is 0.274 e. The van der Waals surface area contributed by atoms with Gasteiger partial charge in [-0.3, -0.25) is 19.5 Å². The van der Waals surface area contributed by atoms with Crippen molar-refractivity contribution < 1.29 is 19.1 Å². The molecule has 2 amide bonds. The number of benzene rings is 1. The molecule has 2 aromatic rings. The molecule has 1 aromatic heterocycles. The van der Waals surface area contributed by atoms with Crippen molar-refractivity contribution in [3.05, 3.63) is 48.0 Å². The van der Waals surface area contributed by atoms with Gasteiger partial charge in [-0.2, -0.15) is 0 Å². The second-order valence-electron chi connectivity index (χ2n) is 8.33. The van der Waals surface area contributed by atoms with Crippen LogP contribution in [0, 0.1) is 0 Å². The van der Waals surface area contributed by atoms with E-state index in [1.165, 1.54) is 18.0 Å². The van der Waals surface area contributed by atoms with E-state index in [4.69, 9.17) is 9.47 Å². The van der Waals surface area contributed by atoms with Crippen molar-refractivity contribution in [1.82, 2.24) is 24.7 Å². The van der Waals surface area contributed by atoms with Crippen LogP contribution in [-0.4, -0.2) is 82.5 Å². The number of rotatable bonds is 9. The Labute approximate surface area is 194 Å². The van der Waals surface area contributed by atoms with Gasteiger partial charge in [-0.05, 0) is 24.1 Å². The molecule has 33 heavy (non-hydrogen) atoms. The summed E-state index contributed by atoms with van der Waals surface area (Å²) in [6, 6.07) is 6.03. The Morgan fingerprint density at radius 3 is 2.64 bits per heavy atom. The van der Waals surface area contributed by atoms with Gasteiger partial charge >= 0.3 is 0 Å². The number of aromatic nitrogens is 2. The van der Waals surface area contributed by atoms with E-state index >= 15 is 0 Å². The molecule has 0 atom stereocenters. The number of carbonyl (C=O) groups is 2. The fourth-order valence-electron chi connectivity index (χ4n) is 4.08. The number of hydrogen-bond acceptors (Lipinski definition) is 7. The van der Waals surface area contributed by atoms with Crippen LogP contribution in [0.3, 0.4) is 0 Å². The third kappa shape index (κ3) is 5.98. The third-order valence-corrected chi connectivity index (χ3v) is 6.01. The Morgan fingerprint density at radius 1 is 1.06 bits per heavy atom. The van der Waals surface area contributed by atoms with Crippen LogP contribution >= 0.6 is 0 Å². The normalized spacial score (nSPS) is 15.5. The predicted molar refractivity (Wildman–Crippen MR) is 122 cm³/mol. The van der Waals surface area contributed by atoms with E-state index in [0.717, 1.165) is 44.0 Å². The average Bonchev–Trinajstić information content (AvgIpc) is 3.32. The van der Waals surface area contributed by atoms with Gasteiger partial charge in [-0.1, -0.05) is 19.4 Å². The molecule has 0 aliphatic carbocycles. The standard InChI is InChI=1S/C24H31N5O4/c1-2-3-9-29(24(31)20-16-25-7-8-26-20)10-6-23(30)28-13-11-27(12-14-28)17-19-4-5-21-22(15-19)33-18-32-21/h4-5,7-8,15-16H,2-3,6,9-14,17-18H2,1H3. The van der Waals surface area contributed by atoms with Crippen molar-refractivity contribution in [2.75, 3.05) is 46.1 Å². The number of ether oxygens (including phenoxy) is 2. The van der Waals surface area contributed by atoms with Gasteiger partial charge < -0.3 is 19.3 Å². The van der Waals surface area contributed by atoms with Crippen molar-refractivity contribution in [2.45, 2.75) is 32.7 Å². The molecular formula is C24H31N5O4. The quantitative estimate of drug-likeness (QED) is 0.575. The molecule has 0 radical (unpaired) electrons. The first-order chi connectivity index (χ1) is 16.1. The second kappa shape index (κ2) is 11.1. The summed E-state index contributed by atoms with van der Waals surface area (Å²) >= 11 is 0. The topological polar surface area (TPSA) is 88.1 Å². The highest BCUT2D eigenvalue weighted by Crippen LogP contribution is 2.32. The van der Waals surface area contributed by atoms with E-state index in [1.807, 2.05) is 17.0 Å². The minimum absolute atomic E-state index is 0.0890. The molecule has 9 nitrogen and oxygen atoms in total. The molecular weight excluding hydrogens is 422 g/mol. The summed E-state index contributed by atoms with van der Waals surface area (Å²) in [5.74, 6) is 1.51. The molecule has 4 rings (SSSR count). The van der Waals surface area contributed by atoms with Crippen LogP contribution in [0.15, 0.2) is 36.8 Å². The smallest absolute Gasteiger partial charge is 0.274 e. The van der Waals surface area contributed by atoms with Gasteiger partial charge in [-0.15, -0.1) is 0 Å². The highest BCUT2D eigenvalue weighted by Gasteiger charge is 2.24. The first-order valence-corrected chi connectivity index (χ1v) is 11.6. The van der Waals surface area contributed by atoms with Crippen molar-refractivity contribution >= 4 is 11.8 Å². The Hall–Kier alpha value is -3.20. The highest BCUT2D eigenvalue weighted by atomic mass is 16.7. The Balaban J connectivity index is 1.25. The Kier molecular flexibility index (Phi) is 7.72. The van der Waals surface area contributed by atoms with Gasteiger partial charge in [0.15, 0.2) is 11.5 Å². The van der Waals surface area contributed by atoms with Crippen molar-refractivity contribution in [3.63, 3.8) is 0 Å². The molecule has 2 aliphatic rings. The van der Waals surface area contributed by atoms with Crippen LogP contribution in [0.2, 0.25) is 0 Å². The maximum absolute atomic E-state index is 12.8. The number of fused-ring (bicyclic) bond motifs is 1. The zero-order valence-electron chi connectivity index (χ0n) is 19.1. The van der Waals surface area contributed by atoms with E-state index in [2.05, 4.69) is 27.9 Å². The van der Waals surface area contributed by atoms with Crippen LogP contribution < -0.4 is 9.47 Å². The van der Waals surface area contributed by atoms with Crippen LogP contribution in [0.1, 0.15) is 42.2 Å². The zero-order chi connectivity index (χ0) is 23.0. The number of amides is 2. The van der Waals surface area contributed by atoms with Crippen molar-refractivity contribution in [1.29, 1.82) is 0 Å². The summed E-state index contributed by atoms with van der Waals surface area (Å²) in [5.41, 5.74) is 1.49. The number of nitrogens with zero attached hydrogens (tertiary/aromatic N) is 5. The fraction of sp³-hybridized carbons (Fsp3) is 0.500. The SMILES string of the molecule is CCCCN(CCC(=O)N1CCN(Cc2ccc3c(c2)OCO3)CC1)C(=O)c1cnccn1. The number of piperazine rings is 1. The number of hydrogen-bond donors (Lipinski definition) is 0. The lowest BCUT2D eigenvalue weighted by Crippen LogP contribution is -2.49. The zero-order valence-corrected chi connectivity index (χ0v) is 19.1. The van der Waals surface area contributed by atoms with E-state index in [0.29, 0.717) is 38.3 Å². The summed E-state index contributed by atoms with van der Waals surface area (Å²) in [4.78, 5) is 39.7. The lowest BCUT2D eigenvalue weighted by atomic mass is 10.1. The molecule has 2 aliphatic heterocycles.